The van der Waals surface area contributed by atoms with Gasteiger partial charge in [-0.15, -0.1) is 0 Å². The van der Waals surface area contributed by atoms with Crippen molar-refractivity contribution in [2.75, 3.05) is 20.1 Å². The highest BCUT2D eigenvalue weighted by atomic mass is 15.1. The van der Waals surface area contributed by atoms with Crippen LogP contribution in [0.25, 0.3) is 0 Å². The van der Waals surface area contributed by atoms with Crippen molar-refractivity contribution in [2.45, 2.75) is 18.9 Å². The third-order valence-corrected chi connectivity index (χ3v) is 2.71. The van der Waals surface area contributed by atoms with Gasteiger partial charge in [-0.2, -0.15) is 0 Å². The smallest absolute Gasteiger partial charge is 0.116 e. The van der Waals surface area contributed by atoms with E-state index in [0.29, 0.717) is 6.04 Å². The summed E-state index contributed by atoms with van der Waals surface area (Å²) in [5.41, 5.74) is 0.893. The van der Waals surface area contributed by atoms with Gasteiger partial charge in [0.05, 0.1) is 11.7 Å². The Balaban J connectivity index is 1.89. The van der Waals surface area contributed by atoms with Gasteiger partial charge in [0.25, 0.3) is 0 Å². The molecule has 2 rings (SSSR count). The standard InChI is InChI=1S/C11H16N4/c1-15-6-3-10(4-7-15)13-8-11-2-5-12-9-14-11/h2,5,8-10H,3-4,6-7H2,1H3. The molecule has 1 aromatic heterocycles. The monoisotopic (exact) mass is 204 g/mol. The fourth-order valence-corrected chi connectivity index (χ4v) is 1.70. The Hall–Kier alpha value is -1.29. The molecule has 4 nitrogen and oxygen atoms in total. The second-order valence-electron chi connectivity index (χ2n) is 3.95. The van der Waals surface area contributed by atoms with E-state index in [0.717, 1.165) is 31.6 Å². The third kappa shape index (κ3) is 3.09. The topological polar surface area (TPSA) is 41.4 Å². The number of aromatic nitrogens is 2. The fraction of sp³-hybridized carbons (Fsp3) is 0.545. The maximum Gasteiger partial charge on any atom is 0.116 e. The van der Waals surface area contributed by atoms with Crippen LogP contribution in [0.15, 0.2) is 23.6 Å². The maximum atomic E-state index is 4.55. The Morgan fingerprint density at radius 1 is 1.47 bits per heavy atom. The van der Waals surface area contributed by atoms with E-state index in [-0.39, 0.29) is 0 Å². The van der Waals surface area contributed by atoms with Crippen molar-refractivity contribution in [1.82, 2.24) is 14.9 Å². The lowest BCUT2D eigenvalue weighted by Crippen LogP contribution is -2.32. The van der Waals surface area contributed by atoms with E-state index in [1.807, 2.05) is 12.3 Å². The summed E-state index contributed by atoms with van der Waals surface area (Å²) in [7, 11) is 2.16. The predicted octanol–water partition coefficient (Wildman–Crippen LogP) is 0.990. The van der Waals surface area contributed by atoms with Gasteiger partial charge in [-0.05, 0) is 39.0 Å². The highest BCUT2D eigenvalue weighted by Crippen LogP contribution is 2.11. The van der Waals surface area contributed by atoms with E-state index in [1.54, 1.807) is 12.5 Å². The van der Waals surface area contributed by atoms with Gasteiger partial charge in [-0.3, -0.25) is 4.99 Å². The minimum atomic E-state index is 0.469. The number of rotatable bonds is 2. The Bertz CT molecular complexity index is 315. The molecule has 0 bridgehead atoms. The summed E-state index contributed by atoms with van der Waals surface area (Å²) in [5.74, 6) is 0. The number of hydrogen-bond donors (Lipinski definition) is 0. The molecule has 1 aliphatic heterocycles. The van der Waals surface area contributed by atoms with E-state index in [2.05, 4.69) is 26.9 Å². The summed E-state index contributed by atoms with van der Waals surface area (Å²) in [6.45, 7) is 2.29. The minimum Gasteiger partial charge on any atom is -0.306 e. The van der Waals surface area contributed by atoms with Gasteiger partial charge in [0.1, 0.15) is 6.33 Å². The van der Waals surface area contributed by atoms with E-state index in [4.69, 9.17) is 0 Å². The van der Waals surface area contributed by atoms with Crippen LogP contribution in [-0.4, -0.2) is 47.3 Å². The molecular formula is C11H16N4. The molecular weight excluding hydrogens is 188 g/mol. The molecule has 1 saturated heterocycles. The van der Waals surface area contributed by atoms with Gasteiger partial charge in [0.2, 0.25) is 0 Å². The van der Waals surface area contributed by atoms with E-state index in [1.165, 1.54) is 0 Å². The van der Waals surface area contributed by atoms with Crippen LogP contribution >= 0.6 is 0 Å². The number of aliphatic imine (C=N–C) groups is 1. The second-order valence-corrected chi connectivity index (χ2v) is 3.95. The summed E-state index contributed by atoms with van der Waals surface area (Å²) in [6, 6.07) is 2.34. The summed E-state index contributed by atoms with van der Waals surface area (Å²) < 4.78 is 0. The van der Waals surface area contributed by atoms with E-state index in [9.17, 15) is 0 Å². The predicted molar refractivity (Wildman–Crippen MR) is 60.1 cm³/mol. The molecule has 4 heteroatoms. The molecule has 80 valence electrons. The molecule has 1 aromatic rings. The third-order valence-electron chi connectivity index (χ3n) is 2.71. The molecule has 1 aliphatic rings. The zero-order chi connectivity index (χ0) is 10.5. The number of hydrogen-bond acceptors (Lipinski definition) is 4. The summed E-state index contributed by atoms with van der Waals surface area (Å²) in [4.78, 5) is 14.9. The summed E-state index contributed by atoms with van der Waals surface area (Å²) in [5, 5.41) is 0. The van der Waals surface area contributed by atoms with Crippen molar-refractivity contribution in [1.29, 1.82) is 0 Å². The Labute approximate surface area is 90.1 Å². The summed E-state index contributed by atoms with van der Waals surface area (Å²) >= 11 is 0. The van der Waals surface area contributed by atoms with Gasteiger partial charge in [-0.1, -0.05) is 0 Å². The minimum absolute atomic E-state index is 0.469. The van der Waals surface area contributed by atoms with Crippen LogP contribution in [0.2, 0.25) is 0 Å². The molecule has 0 unspecified atom stereocenters. The molecule has 0 spiro atoms. The first-order chi connectivity index (χ1) is 7.34. The van der Waals surface area contributed by atoms with Crippen molar-refractivity contribution in [3.8, 4) is 0 Å². The van der Waals surface area contributed by atoms with Gasteiger partial charge in [0.15, 0.2) is 0 Å². The van der Waals surface area contributed by atoms with Crippen LogP contribution in [0.5, 0.6) is 0 Å². The number of likely N-dealkylation sites (tertiary alicyclic amines) is 1. The van der Waals surface area contributed by atoms with Gasteiger partial charge in [0, 0.05) is 12.4 Å². The number of piperidine rings is 1. The van der Waals surface area contributed by atoms with Gasteiger partial charge >= 0.3 is 0 Å². The molecule has 2 heterocycles. The number of nitrogens with zero attached hydrogens (tertiary/aromatic N) is 4. The maximum absolute atomic E-state index is 4.55. The van der Waals surface area contributed by atoms with E-state index < -0.39 is 0 Å². The van der Waals surface area contributed by atoms with Crippen LogP contribution in [0.4, 0.5) is 0 Å². The Kier molecular flexibility index (Phi) is 3.40. The van der Waals surface area contributed by atoms with Gasteiger partial charge in [-0.25, -0.2) is 9.97 Å². The average molecular weight is 204 g/mol. The van der Waals surface area contributed by atoms with Crippen molar-refractivity contribution < 1.29 is 0 Å². The molecule has 0 amide bonds. The average Bonchev–Trinajstić information content (AvgIpc) is 2.30. The SMILES string of the molecule is CN1CCC(N=Cc2ccncn2)CC1. The molecule has 0 radical (unpaired) electrons. The van der Waals surface area contributed by atoms with Crippen LogP contribution in [0, 0.1) is 0 Å². The molecule has 0 atom stereocenters. The first-order valence-electron chi connectivity index (χ1n) is 5.32. The quantitative estimate of drug-likeness (QED) is 0.675. The van der Waals surface area contributed by atoms with Crippen molar-refractivity contribution in [2.24, 2.45) is 4.99 Å². The summed E-state index contributed by atoms with van der Waals surface area (Å²) in [6.07, 6.45) is 7.45. The lowest BCUT2D eigenvalue weighted by Gasteiger charge is -2.26. The lowest BCUT2D eigenvalue weighted by atomic mass is 10.1. The van der Waals surface area contributed by atoms with E-state index >= 15 is 0 Å². The van der Waals surface area contributed by atoms with Crippen molar-refractivity contribution >= 4 is 6.21 Å². The van der Waals surface area contributed by atoms with Crippen LogP contribution in [0.1, 0.15) is 18.5 Å². The molecule has 0 aliphatic carbocycles. The van der Waals surface area contributed by atoms with Crippen LogP contribution < -0.4 is 0 Å². The highest BCUT2D eigenvalue weighted by molar-refractivity contribution is 5.76. The molecule has 1 fully saturated rings. The largest absolute Gasteiger partial charge is 0.306 e. The van der Waals surface area contributed by atoms with Crippen molar-refractivity contribution in [3.05, 3.63) is 24.3 Å². The first kappa shape index (κ1) is 10.2. The van der Waals surface area contributed by atoms with Crippen LogP contribution in [0.3, 0.4) is 0 Å². The first-order valence-corrected chi connectivity index (χ1v) is 5.32. The zero-order valence-electron chi connectivity index (χ0n) is 9.00. The Morgan fingerprint density at radius 3 is 2.93 bits per heavy atom. The molecule has 0 saturated carbocycles. The fourth-order valence-electron chi connectivity index (χ4n) is 1.70. The van der Waals surface area contributed by atoms with Crippen LogP contribution in [-0.2, 0) is 0 Å². The molecule has 0 N–H and O–H groups in total. The molecule has 15 heavy (non-hydrogen) atoms. The molecule has 0 aromatic carbocycles. The van der Waals surface area contributed by atoms with Crippen molar-refractivity contribution in [3.63, 3.8) is 0 Å². The normalized spacial score (nSPS) is 19.8. The highest BCUT2D eigenvalue weighted by Gasteiger charge is 2.14. The zero-order valence-corrected chi connectivity index (χ0v) is 9.00. The Morgan fingerprint density at radius 2 is 2.27 bits per heavy atom. The lowest BCUT2D eigenvalue weighted by molar-refractivity contribution is 0.257. The second kappa shape index (κ2) is 4.98. The van der Waals surface area contributed by atoms with Gasteiger partial charge < -0.3 is 4.90 Å².